The van der Waals surface area contributed by atoms with Gasteiger partial charge in [0.25, 0.3) is 0 Å². The molecule has 32 heavy (non-hydrogen) atoms. The van der Waals surface area contributed by atoms with Crippen LogP contribution in [0.4, 0.5) is 5.69 Å². The molecule has 7 heteroatoms. The molecule has 3 rings (SSSR count). The Bertz CT molecular complexity index is 867. The van der Waals surface area contributed by atoms with Gasteiger partial charge in [-0.1, -0.05) is 52.2 Å². The Kier molecular flexibility index (Phi) is 10.7. The van der Waals surface area contributed by atoms with Crippen LogP contribution in [0.15, 0.2) is 36.4 Å². The molecule has 2 atom stereocenters. The van der Waals surface area contributed by atoms with Gasteiger partial charge in [0.1, 0.15) is 6.04 Å². The third kappa shape index (κ3) is 6.57. The monoisotopic (exact) mass is 531 g/mol. The van der Waals surface area contributed by atoms with Crippen molar-refractivity contribution in [3.05, 3.63) is 52.2 Å². The summed E-state index contributed by atoms with van der Waals surface area (Å²) < 4.78 is 5.73. The Balaban J connectivity index is 0.00000363. The third-order valence-corrected chi connectivity index (χ3v) is 6.90. The molecule has 1 saturated heterocycles. The van der Waals surface area contributed by atoms with Gasteiger partial charge in [0.15, 0.2) is 5.78 Å². The van der Waals surface area contributed by atoms with E-state index in [1.165, 1.54) is 11.3 Å². The number of nitrogens with zero attached hydrogens (tertiary/aromatic N) is 1. The molecule has 1 amide bonds. The number of carbonyl (C=O) groups excluding carboxylic acids is 2. The van der Waals surface area contributed by atoms with Gasteiger partial charge in [-0.15, -0.1) is 10.3 Å². The minimum absolute atomic E-state index is 0. The Morgan fingerprint density at radius 1 is 1.22 bits per heavy atom. The summed E-state index contributed by atoms with van der Waals surface area (Å²) in [7, 11) is 0. The quantitative estimate of drug-likeness (QED) is 0.260. The molecule has 1 aromatic carbocycles. The summed E-state index contributed by atoms with van der Waals surface area (Å²) in [6.07, 6.45) is 3.49. The van der Waals surface area contributed by atoms with Crippen molar-refractivity contribution in [2.24, 2.45) is 0 Å². The molecule has 1 aliphatic heterocycles. The second kappa shape index (κ2) is 12.5. The third-order valence-electron chi connectivity index (χ3n) is 6.13. The maximum atomic E-state index is 12.5. The maximum absolute atomic E-state index is 12.5. The number of aliphatic hydroxyl groups is 1. The first-order valence-corrected chi connectivity index (χ1v) is 11.8. The number of ether oxygens (including phenoxy) is 1. The van der Waals surface area contributed by atoms with Gasteiger partial charge < -0.3 is 9.84 Å². The molecule has 2 unspecified atom stereocenters. The van der Waals surface area contributed by atoms with Crippen LogP contribution in [-0.2, 0) is 59.1 Å². The molecule has 0 spiro atoms. The Morgan fingerprint density at radius 2 is 1.94 bits per heavy atom. The van der Waals surface area contributed by atoms with Crippen LogP contribution in [0.5, 0.6) is 0 Å². The summed E-state index contributed by atoms with van der Waals surface area (Å²) in [5.74, 6) is -0.312. The number of hydrogen-bond donors (Lipinski definition) is 1. The molecule has 1 fully saturated rings. The number of aliphatic hydroxyl groups excluding tert-OH is 1. The van der Waals surface area contributed by atoms with Crippen molar-refractivity contribution in [3.8, 4) is 0 Å². The van der Waals surface area contributed by atoms with E-state index in [1.807, 2.05) is 50.2 Å². The van der Waals surface area contributed by atoms with Crippen molar-refractivity contribution in [1.29, 1.82) is 0 Å². The first-order chi connectivity index (χ1) is 14.8. The van der Waals surface area contributed by atoms with Gasteiger partial charge in [-0.25, -0.2) is 0 Å². The number of rotatable bonds is 11. The molecule has 1 N–H and O–H groups in total. The van der Waals surface area contributed by atoms with E-state index in [4.69, 9.17) is 4.74 Å². The second-order valence-corrected chi connectivity index (χ2v) is 9.70. The molecule has 1 radical (unpaired) electrons. The Hall–Kier alpha value is -0.916. The molecule has 0 aliphatic carbocycles. The van der Waals surface area contributed by atoms with E-state index in [9.17, 15) is 14.7 Å². The average molecular weight is 532 g/mol. The van der Waals surface area contributed by atoms with Crippen molar-refractivity contribution in [2.75, 3.05) is 11.5 Å². The molecular formula is C25H32NO4SY-. The zero-order chi connectivity index (χ0) is 22.4. The van der Waals surface area contributed by atoms with Crippen LogP contribution in [0.2, 0.25) is 0 Å². The Labute approximate surface area is 220 Å². The fourth-order valence-corrected chi connectivity index (χ4v) is 4.54. The van der Waals surface area contributed by atoms with Crippen molar-refractivity contribution in [1.82, 2.24) is 0 Å². The minimum Gasteiger partial charge on any atom is -0.392 e. The smallest absolute Gasteiger partial charge is 0.235 e. The van der Waals surface area contributed by atoms with Gasteiger partial charge in [0.05, 0.1) is 19.1 Å². The van der Waals surface area contributed by atoms with E-state index in [0.29, 0.717) is 12.3 Å². The fraction of sp³-hybridized carbons (Fsp3) is 0.520. The van der Waals surface area contributed by atoms with Gasteiger partial charge >= 0.3 is 0 Å². The van der Waals surface area contributed by atoms with Crippen molar-refractivity contribution >= 4 is 28.7 Å². The normalized spacial score (nSPS) is 17.5. The predicted octanol–water partition coefficient (Wildman–Crippen LogP) is 4.66. The van der Waals surface area contributed by atoms with E-state index in [1.54, 1.807) is 4.90 Å². The number of Topliss-reactive ketones (excluding diaryl/α,β-unsaturated/α-hetero) is 1. The van der Waals surface area contributed by atoms with Crippen LogP contribution in [-0.4, -0.2) is 35.5 Å². The predicted molar refractivity (Wildman–Crippen MR) is 123 cm³/mol. The zero-order valence-corrected chi connectivity index (χ0v) is 22.8. The van der Waals surface area contributed by atoms with Crippen LogP contribution in [0.25, 0.3) is 0 Å². The fourth-order valence-electron chi connectivity index (χ4n) is 3.97. The minimum atomic E-state index is -0.602. The summed E-state index contributed by atoms with van der Waals surface area (Å²) in [6.45, 7) is 6.82. The maximum Gasteiger partial charge on any atom is 0.235 e. The van der Waals surface area contributed by atoms with E-state index < -0.39 is 17.6 Å². The molecule has 171 valence electrons. The topological polar surface area (TPSA) is 66.8 Å². The molecule has 2 aromatic rings. The summed E-state index contributed by atoms with van der Waals surface area (Å²) in [5.41, 5.74) is 1.31. The number of benzene rings is 1. The van der Waals surface area contributed by atoms with Crippen LogP contribution in [0, 0.1) is 5.38 Å². The van der Waals surface area contributed by atoms with Gasteiger partial charge in [-0.05, 0) is 24.1 Å². The SMILES string of the molecule is CCCCCC(O)C(C)(C)c1ccc(N2C(=O)CC(=O)C2COCc2cc[c-]s2)cc1.[Y]. The molecular weight excluding hydrogens is 499 g/mol. The first kappa shape index (κ1) is 27.3. The number of carbonyl (C=O) groups is 2. The van der Waals surface area contributed by atoms with Crippen LogP contribution in [0.3, 0.4) is 0 Å². The standard InChI is InChI=1S/C25H32NO4S.Y/c1-4-5-6-9-23(28)25(2,3)18-10-12-19(13-11-18)26-21(22(27)15-24(26)29)17-30-16-20-8-7-14-31-20;/h7-8,10-13,21,23,28H,4-6,9,15-17H2,1-3H3;/q-1;. The largest absolute Gasteiger partial charge is 0.392 e. The summed E-state index contributed by atoms with van der Waals surface area (Å²) in [4.78, 5) is 27.5. The summed E-state index contributed by atoms with van der Waals surface area (Å²) in [5, 5.41) is 13.7. The second-order valence-electron chi connectivity index (χ2n) is 8.74. The number of ketones is 1. The number of thiophene rings is 1. The van der Waals surface area contributed by atoms with E-state index >= 15 is 0 Å². The van der Waals surface area contributed by atoms with Gasteiger partial charge in [0, 0.05) is 50.4 Å². The van der Waals surface area contributed by atoms with Crippen molar-refractivity contribution < 1.29 is 52.1 Å². The van der Waals surface area contributed by atoms with Gasteiger partial charge in [-0.2, -0.15) is 12.1 Å². The molecule has 5 nitrogen and oxygen atoms in total. The summed E-state index contributed by atoms with van der Waals surface area (Å²) in [6, 6.07) is 10.8. The molecule has 1 aliphatic rings. The van der Waals surface area contributed by atoms with E-state index in [2.05, 4.69) is 12.3 Å². The van der Waals surface area contributed by atoms with E-state index in [0.717, 1.165) is 36.1 Å². The molecule has 2 heterocycles. The van der Waals surface area contributed by atoms with Crippen molar-refractivity contribution in [3.63, 3.8) is 0 Å². The summed E-state index contributed by atoms with van der Waals surface area (Å²) >= 11 is 1.48. The van der Waals surface area contributed by atoms with Gasteiger partial charge in [0.2, 0.25) is 5.91 Å². The van der Waals surface area contributed by atoms with Crippen LogP contribution >= 0.6 is 11.3 Å². The Morgan fingerprint density at radius 3 is 2.56 bits per heavy atom. The van der Waals surface area contributed by atoms with E-state index in [-0.39, 0.29) is 57.4 Å². The zero-order valence-electron chi connectivity index (χ0n) is 19.2. The van der Waals surface area contributed by atoms with Crippen LogP contribution < -0.4 is 4.90 Å². The first-order valence-electron chi connectivity index (χ1n) is 11.0. The number of hydrogen-bond acceptors (Lipinski definition) is 5. The average Bonchev–Trinajstić information content (AvgIpc) is 3.36. The molecule has 0 bridgehead atoms. The molecule has 0 saturated carbocycles. The van der Waals surface area contributed by atoms with Crippen molar-refractivity contribution in [2.45, 2.75) is 77.0 Å². The van der Waals surface area contributed by atoms with Crippen LogP contribution in [0.1, 0.15) is 63.3 Å². The number of anilines is 1. The number of amides is 1. The molecule has 1 aromatic heterocycles. The van der Waals surface area contributed by atoms with Gasteiger partial charge in [-0.3, -0.25) is 25.8 Å². The number of unbranched alkanes of at least 4 members (excludes halogenated alkanes) is 2.